The predicted octanol–water partition coefficient (Wildman–Crippen LogP) is 6.73. The van der Waals surface area contributed by atoms with Gasteiger partial charge >= 0.3 is 5.97 Å². The van der Waals surface area contributed by atoms with E-state index in [0.717, 1.165) is 57.8 Å². The molecule has 0 bridgehead atoms. The Hall–Kier alpha value is -1.49. The van der Waals surface area contributed by atoms with Gasteiger partial charge in [0.25, 0.3) is 0 Å². The van der Waals surface area contributed by atoms with Gasteiger partial charge in [0.2, 0.25) is 0 Å². The van der Waals surface area contributed by atoms with E-state index < -0.39 is 10.8 Å². The molecule has 5 rings (SSSR count). The van der Waals surface area contributed by atoms with Crippen molar-refractivity contribution >= 4 is 17.5 Å². The maximum Gasteiger partial charge on any atom is 0.312 e. The fourth-order valence-corrected chi connectivity index (χ4v) is 10.8. The lowest BCUT2D eigenvalue weighted by Gasteiger charge is -2.69. The van der Waals surface area contributed by atoms with Gasteiger partial charge in [-0.25, -0.2) is 0 Å². The van der Waals surface area contributed by atoms with Crippen molar-refractivity contribution in [3.63, 3.8) is 0 Å². The Bertz CT molecular complexity index is 1070. The van der Waals surface area contributed by atoms with Crippen molar-refractivity contribution in [2.75, 3.05) is 20.8 Å². The van der Waals surface area contributed by atoms with Crippen LogP contribution in [-0.4, -0.2) is 38.4 Å². The molecule has 0 aromatic heterocycles. The van der Waals surface area contributed by atoms with E-state index in [1.165, 1.54) is 12.7 Å². The number of ketones is 2. The van der Waals surface area contributed by atoms with Gasteiger partial charge in [-0.05, 0) is 97.4 Å². The van der Waals surface area contributed by atoms with Gasteiger partial charge in [-0.1, -0.05) is 47.1 Å². The molecule has 0 spiro atoms. The van der Waals surface area contributed by atoms with Crippen molar-refractivity contribution in [3.8, 4) is 0 Å². The van der Waals surface area contributed by atoms with Crippen LogP contribution >= 0.6 is 0 Å². The van der Waals surface area contributed by atoms with Gasteiger partial charge in [0.05, 0.1) is 12.5 Å². The average molecular weight is 527 g/mol. The number of rotatable bonds is 4. The van der Waals surface area contributed by atoms with Crippen molar-refractivity contribution in [2.45, 2.75) is 106 Å². The Morgan fingerprint density at radius 2 is 1.63 bits per heavy atom. The highest BCUT2D eigenvalue weighted by atomic mass is 16.5. The standard InChI is InChI=1S/C33H50O5/c1-28(2)13-15-33(27(36)38-8)16-14-32(6)26(21(33)20-28)22(34)19-24-29(3)11-10-25(35)30(4,17-18-37-7)23(29)9-12-31(24,32)5/h19,21,23,26H,9-18,20H2,1-8H3/t21-,23+,26-,29-,30-,31+,32+,33-/m0/s1. The minimum absolute atomic E-state index is 0.00464. The molecule has 38 heavy (non-hydrogen) atoms. The van der Waals surface area contributed by atoms with Gasteiger partial charge in [-0.3, -0.25) is 14.4 Å². The van der Waals surface area contributed by atoms with Crippen LogP contribution in [0.25, 0.3) is 0 Å². The zero-order valence-electron chi connectivity index (χ0n) is 25.1. The lowest BCUT2D eigenvalue weighted by Crippen LogP contribution is -2.66. The molecule has 5 nitrogen and oxygen atoms in total. The number of hydrogen-bond donors (Lipinski definition) is 0. The average Bonchev–Trinajstić information content (AvgIpc) is 2.86. The van der Waals surface area contributed by atoms with Crippen molar-refractivity contribution in [1.29, 1.82) is 0 Å². The molecular formula is C33H50O5. The van der Waals surface area contributed by atoms with E-state index in [4.69, 9.17) is 9.47 Å². The molecule has 0 radical (unpaired) electrons. The molecule has 0 heterocycles. The van der Waals surface area contributed by atoms with Gasteiger partial charge in [0.1, 0.15) is 5.78 Å². The Kier molecular flexibility index (Phi) is 6.46. The van der Waals surface area contributed by atoms with Gasteiger partial charge in [-0.15, -0.1) is 0 Å². The quantitative estimate of drug-likeness (QED) is 0.380. The summed E-state index contributed by atoms with van der Waals surface area (Å²) in [5, 5.41) is 0. The number of ether oxygens (including phenoxy) is 2. The molecule has 5 aliphatic carbocycles. The minimum Gasteiger partial charge on any atom is -0.469 e. The highest BCUT2D eigenvalue weighted by Crippen LogP contribution is 2.75. The Labute approximate surface area is 229 Å². The van der Waals surface area contributed by atoms with Crippen molar-refractivity contribution in [2.24, 2.45) is 50.2 Å². The fourth-order valence-electron chi connectivity index (χ4n) is 10.8. The second kappa shape index (κ2) is 8.75. The molecule has 8 atom stereocenters. The van der Waals surface area contributed by atoms with Gasteiger partial charge in [0.15, 0.2) is 5.78 Å². The van der Waals surface area contributed by atoms with Crippen LogP contribution in [0, 0.1) is 50.2 Å². The Balaban J connectivity index is 1.62. The molecule has 5 aliphatic rings. The van der Waals surface area contributed by atoms with E-state index in [1.54, 1.807) is 7.11 Å². The summed E-state index contributed by atoms with van der Waals surface area (Å²) in [6, 6.07) is 0. The normalized spacial score (nSPS) is 47.7. The van der Waals surface area contributed by atoms with Crippen LogP contribution < -0.4 is 0 Å². The molecule has 0 aromatic rings. The first kappa shape index (κ1) is 28.1. The van der Waals surface area contributed by atoms with Crippen molar-refractivity contribution < 1.29 is 23.9 Å². The highest BCUT2D eigenvalue weighted by molar-refractivity contribution is 5.96. The van der Waals surface area contributed by atoms with E-state index in [9.17, 15) is 14.4 Å². The first-order chi connectivity index (χ1) is 17.7. The van der Waals surface area contributed by atoms with E-state index in [1.807, 2.05) is 6.08 Å². The lowest BCUT2D eigenvalue weighted by atomic mass is 9.33. The summed E-state index contributed by atoms with van der Waals surface area (Å²) in [6.07, 6.45) is 10.5. The number of carbonyl (C=O) groups excluding carboxylic acids is 3. The summed E-state index contributed by atoms with van der Waals surface area (Å²) in [6.45, 7) is 14.5. The van der Waals surface area contributed by atoms with Crippen LogP contribution in [0.15, 0.2) is 11.6 Å². The highest BCUT2D eigenvalue weighted by Gasteiger charge is 2.71. The first-order valence-electron chi connectivity index (χ1n) is 15.0. The van der Waals surface area contributed by atoms with Crippen molar-refractivity contribution in [1.82, 2.24) is 0 Å². The molecule has 0 amide bonds. The second-order valence-corrected chi connectivity index (χ2v) is 15.4. The largest absolute Gasteiger partial charge is 0.469 e. The van der Waals surface area contributed by atoms with Crippen LogP contribution in [0.4, 0.5) is 0 Å². The zero-order chi connectivity index (χ0) is 27.9. The third-order valence-corrected chi connectivity index (χ3v) is 13.4. The maximum atomic E-state index is 14.4. The lowest BCUT2D eigenvalue weighted by molar-refractivity contribution is -0.193. The molecule has 0 aromatic carbocycles. The molecule has 0 saturated heterocycles. The number of Topliss-reactive ketones (excluding diaryl/α,β-unsaturated/α-hetero) is 1. The van der Waals surface area contributed by atoms with Crippen LogP contribution in [0.2, 0.25) is 0 Å². The maximum absolute atomic E-state index is 14.4. The third-order valence-electron chi connectivity index (χ3n) is 13.4. The monoisotopic (exact) mass is 526 g/mol. The number of carbonyl (C=O) groups is 3. The summed E-state index contributed by atoms with van der Waals surface area (Å²) in [4.78, 5) is 41.2. The van der Waals surface area contributed by atoms with Gasteiger partial charge in [0, 0.05) is 31.5 Å². The van der Waals surface area contributed by atoms with Crippen LogP contribution in [0.3, 0.4) is 0 Å². The van der Waals surface area contributed by atoms with E-state index >= 15 is 0 Å². The molecule has 0 unspecified atom stereocenters. The smallest absolute Gasteiger partial charge is 0.312 e. The van der Waals surface area contributed by atoms with E-state index in [2.05, 4.69) is 41.5 Å². The molecule has 0 aliphatic heterocycles. The fraction of sp³-hybridized carbons (Fsp3) is 0.848. The van der Waals surface area contributed by atoms with E-state index in [-0.39, 0.29) is 51.2 Å². The summed E-state index contributed by atoms with van der Waals surface area (Å²) in [5.41, 5.74) is -0.125. The summed E-state index contributed by atoms with van der Waals surface area (Å²) in [5.74, 6) is 0.512. The van der Waals surface area contributed by atoms with Gasteiger partial charge < -0.3 is 9.47 Å². The SMILES string of the molecule is COCC[C@]1(C)C(=O)CC[C@]2(C)C3=CC(=O)[C@@H]4[C@@H]5CC(C)(C)CC[C@]5(C(=O)OC)CC[C@@]4(C)[C@]3(C)CC[C@@H]12. The first-order valence-corrected chi connectivity index (χ1v) is 15.0. The Morgan fingerprint density at radius 1 is 0.947 bits per heavy atom. The summed E-state index contributed by atoms with van der Waals surface area (Å²) < 4.78 is 10.9. The second-order valence-electron chi connectivity index (χ2n) is 15.4. The number of fused-ring (bicyclic) bond motifs is 7. The zero-order valence-corrected chi connectivity index (χ0v) is 25.1. The molecule has 5 heteroatoms. The molecule has 212 valence electrons. The number of hydrogen-bond acceptors (Lipinski definition) is 5. The molecule has 4 fully saturated rings. The summed E-state index contributed by atoms with van der Waals surface area (Å²) in [7, 11) is 3.22. The topological polar surface area (TPSA) is 69.7 Å². The number of allylic oxidation sites excluding steroid dienone is 2. The molecular weight excluding hydrogens is 476 g/mol. The molecule has 0 N–H and O–H groups in total. The van der Waals surface area contributed by atoms with Crippen LogP contribution in [0.5, 0.6) is 0 Å². The predicted molar refractivity (Wildman–Crippen MR) is 147 cm³/mol. The third kappa shape index (κ3) is 3.48. The molecule has 4 saturated carbocycles. The van der Waals surface area contributed by atoms with E-state index in [0.29, 0.717) is 18.8 Å². The Morgan fingerprint density at radius 3 is 2.29 bits per heavy atom. The van der Waals surface area contributed by atoms with Crippen LogP contribution in [-0.2, 0) is 23.9 Å². The number of esters is 1. The summed E-state index contributed by atoms with van der Waals surface area (Å²) >= 11 is 0. The number of methoxy groups -OCH3 is 2. The van der Waals surface area contributed by atoms with Gasteiger partial charge in [-0.2, -0.15) is 0 Å². The van der Waals surface area contributed by atoms with Crippen LogP contribution in [0.1, 0.15) is 106 Å². The minimum atomic E-state index is -0.553. The van der Waals surface area contributed by atoms with Crippen molar-refractivity contribution in [3.05, 3.63) is 11.6 Å².